The quantitative estimate of drug-likeness (QED) is 0.868. The molecule has 0 spiro atoms. The number of fused-ring (bicyclic) bond motifs is 1. The van der Waals surface area contributed by atoms with Crippen molar-refractivity contribution in [1.29, 1.82) is 0 Å². The fourth-order valence-corrected chi connectivity index (χ4v) is 3.90. The lowest BCUT2D eigenvalue weighted by atomic mass is 10.1. The van der Waals surface area contributed by atoms with Gasteiger partial charge in [0.1, 0.15) is 13.2 Å². The van der Waals surface area contributed by atoms with E-state index in [0.29, 0.717) is 37.1 Å². The van der Waals surface area contributed by atoms with Crippen LogP contribution in [0.1, 0.15) is 31.9 Å². The van der Waals surface area contributed by atoms with Crippen LogP contribution in [-0.2, 0) is 9.84 Å². The summed E-state index contributed by atoms with van der Waals surface area (Å²) in [6.45, 7) is 5.05. The average Bonchev–Trinajstić information content (AvgIpc) is 2.44. The van der Waals surface area contributed by atoms with Crippen molar-refractivity contribution >= 4 is 9.84 Å². The lowest BCUT2D eigenvalue weighted by Gasteiger charge is -2.20. The van der Waals surface area contributed by atoms with Gasteiger partial charge in [0.15, 0.2) is 21.3 Å². The molecule has 5 nitrogen and oxygen atoms in total. The van der Waals surface area contributed by atoms with Gasteiger partial charge in [0.25, 0.3) is 0 Å². The minimum Gasteiger partial charge on any atom is -0.486 e. The van der Waals surface area contributed by atoms with Crippen LogP contribution in [0.25, 0.3) is 0 Å². The molecule has 1 aliphatic heterocycles. The standard InChI is InChI=1S/C15H23NO4S/c1-11(2)5-8-21(17,18)10-13(16)12-3-4-14-15(9-12)20-7-6-19-14/h3-4,9,11,13H,5-8,10,16H2,1-2H3. The molecule has 0 radical (unpaired) electrons. The summed E-state index contributed by atoms with van der Waals surface area (Å²) in [6.07, 6.45) is 0.663. The third-order valence-electron chi connectivity index (χ3n) is 3.43. The molecule has 1 aliphatic rings. The molecule has 1 atom stereocenters. The van der Waals surface area contributed by atoms with Crippen molar-refractivity contribution < 1.29 is 17.9 Å². The Morgan fingerprint density at radius 1 is 1.19 bits per heavy atom. The van der Waals surface area contributed by atoms with Crippen molar-refractivity contribution in [1.82, 2.24) is 0 Å². The highest BCUT2D eigenvalue weighted by Crippen LogP contribution is 2.32. The maximum Gasteiger partial charge on any atom is 0.161 e. The molecule has 0 amide bonds. The molecule has 0 bridgehead atoms. The Kier molecular flexibility index (Phi) is 5.11. The molecule has 0 aliphatic carbocycles. The Morgan fingerprint density at radius 3 is 2.52 bits per heavy atom. The van der Waals surface area contributed by atoms with Gasteiger partial charge >= 0.3 is 0 Å². The van der Waals surface area contributed by atoms with Gasteiger partial charge in [-0.1, -0.05) is 19.9 Å². The molecule has 1 aromatic carbocycles. The van der Waals surface area contributed by atoms with Crippen LogP contribution in [0.3, 0.4) is 0 Å². The number of benzene rings is 1. The molecule has 118 valence electrons. The Labute approximate surface area is 126 Å². The van der Waals surface area contributed by atoms with Gasteiger partial charge in [-0.05, 0) is 30.0 Å². The predicted octanol–water partition coefficient (Wildman–Crippen LogP) is 1.92. The molecule has 2 rings (SSSR count). The first-order valence-electron chi connectivity index (χ1n) is 7.23. The van der Waals surface area contributed by atoms with Crippen LogP contribution < -0.4 is 15.2 Å². The summed E-state index contributed by atoms with van der Waals surface area (Å²) in [4.78, 5) is 0. The van der Waals surface area contributed by atoms with Gasteiger partial charge in [0, 0.05) is 6.04 Å². The third kappa shape index (κ3) is 4.61. The fraction of sp³-hybridized carbons (Fsp3) is 0.600. The van der Waals surface area contributed by atoms with Crippen LogP contribution in [0.15, 0.2) is 18.2 Å². The van der Waals surface area contributed by atoms with Crippen molar-refractivity contribution in [3.8, 4) is 11.5 Å². The summed E-state index contributed by atoms with van der Waals surface area (Å²) in [5.41, 5.74) is 6.80. The van der Waals surface area contributed by atoms with Gasteiger partial charge in [-0.3, -0.25) is 0 Å². The first-order chi connectivity index (χ1) is 9.87. The van der Waals surface area contributed by atoms with Crippen LogP contribution in [0.4, 0.5) is 0 Å². The lowest BCUT2D eigenvalue weighted by molar-refractivity contribution is 0.171. The topological polar surface area (TPSA) is 78.6 Å². The maximum atomic E-state index is 12.1. The zero-order valence-electron chi connectivity index (χ0n) is 12.5. The largest absolute Gasteiger partial charge is 0.486 e. The highest BCUT2D eigenvalue weighted by Gasteiger charge is 2.20. The summed E-state index contributed by atoms with van der Waals surface area (Å²) in [5.74, 6) is 1.82. The van der Waals surface area contributed by atoms with Gasteiger partial charge in [0.05, 0.1) is 11.5 Å². The molecule has 1 unspecified atom stereocenters. The molecule has 1 aromatic rings. The van der Waals surface area contributed by atoms with E-state index in [2.05, 4.69) is 0 Å². The predicted molar refractivity (Wildman–Crippen MR) is 82.5 cm³/mol. The molecule has 6 heteroatoms. The molecular formula is C15H23NO4S. The van der Waals surface area contributed by atoms with E-state index in [-0.39, 0.29) is 11.5 Å². The van der Waals surface area contributed by atoms with Crippen molar-refractivity contribution in [3.63, 3.8) is 0 Å². The minimum absolute atomic E-state index is 0.0423. The zero-order chi connectivity index (χ0) is 15.5. The van der Waals surface area contributed by atoms with Crippen molar-refractivity contribution in [2.24, 2.45) is 11.7 Å². The molecule has 0 fully saturated rings. The molecule has 21 heavy (non-hydrogen) atoms. The van der Waals surface area contributed by atoms with Crippen LogP contribution in [0.2, 0.25) is 0 Å². The summed E-state index contributed by atoms with van der Waals surface area (Å²) in [7, 11) is -3.14. The van der Waals surface area contributed by atoms with Gasteiger partial charge < -0.3 is 15.2 Å². The number of rotatable bonds is 6. The van der Waals surface area contributed by atoms with Gasteiger partial charge in [0.2, 0.25) is 0 Å². The van der Waals surface area contributed by atoms with E-state index in [4.69, 9.17) is 15.2 Å². The third-order valence-corrected chi connectivity index (χ3v) is 5.16. The van der Waals surface area contributed by atoms with E-state index in [1.165, 1.54) is 0 Å². The Balaban J connectivity index is 2.04. The fourth-order valence-electron chi connectivity index (χ4n) is 2.16. The highest BCUT2D eigenvalue weighted by molar-refractivity contribution is 7.91. The minimum atomic E-state index is -3.14. The summed E-state index contributed by atoms with van der Waals surface area (Å²) in [5, 5.41) is 0. The van der Waals surface area contributed by atoms with Crippen LogP contribution in [0, 0.1) is 5.92 Å². The second-order valence-corrected chi connectivity index (χ2v) is 8.04. The zero-order valence-corrected chi connectivity index (χ0v) is 13.4. The molecule has 0 aromatic heterocycles. The maximum absolute atomic E-state index is 12.1. The smallest absolute Gasteiger partial charge is 0.161 e. The number of sulfone groups is 1. The van der Waals surface area contributed by atoms with Crippen molar-refractivity contribution in [3.05, 3.63) is 23.8 Å². The number of ether oxygens (including phenoxy) is 2. The Hall–Kier alpha value is -1.27. The van der Waals surface area contributed by atoms with E-state index >= 15 is 0 Å². The molecule has 2 N–H and O–H groups in total. The highest BCUT2D eigenvalue weighted by atomic mass is 32.2. The van der Waals surface area contributed by atoms with Crippen LogP contribution in [-0.4, -0.2) is 33.1 Å². The second kappa shape index (κ2) is 6.66. The van der Waals surface area contributed by atoms with E-state index in [1.54, 1.807) is 18.2 Å². The average molecular weight is 313 g/mol. The second-order valence-electron chi connectivity index (χ2n) is 5.81. The van der Waals surface area contributed by atoms with Gasteiger partial charge in [-0.25, -0.2) is 8.42 Å². The van der Waals surface area contributed by atoms with E-state index in [1.807, 2.05) is 13.8 Å². The summed E-state index contributed by atoms with van der Waals surface area (Å²) >= 11 is 0. The first-order valence-corrected chi connectivity index (χ1v) is 9.05. The van der Waals surface area contributed by atoms with E-state index in [9.17, 15) is 8.42 Å². The number of hydrogen-bond acceptors (Lipinski definition) is 5. The molecular weight excluding hydrogens is 290 g/mol. The van der Waals surface area contributed by atoms with Crippen molar-refractivity contribution in [2.75, 3.05) is 24.7 Å². The Morgan fingerprint density at radius 2 is 1.86 bits per heavy atom. The van der Waals surface area contributed by atoms with Crippen molar-refractivity contribution in [2.45, 2.75) is 26.3 Å². The normalized spacial score (nSPS) is 16.0. The molecule has 0 saturated heterocycles. The lowest BCUT2D eigenvalue weighted by Crippen LogP contribution is -2.24. The molecule has 0 saturated carbocycles. The van der Waals surface area contributed by atoms with E-state index in [0.717, 1.165) is 5.56 Å². The van der Waals surface area contributed by atoms with Crippen LogP contribution >= 0.6 is 0 Å². The van der Waals surface area contributed by atoms with Gasteiger partial charge in [-0.15, -0.1) is 0 Å². The summed E-state index contributed by atoms with van der Waals surface area (Å²) < 4.78 is 35.1. The number of hydrogen-bond donors (Lipinski definition) is 1. The molecule has 1 heterocycles. The summed E-state index contributed by atoms with van der Waals surface area (Å²) in [6, 6.07) is 4.82. The van der Waals surface area contributed by atoms with Crippen LogP contribution in [0.5, 0.6) is 11.5 Å². The number of nitrogens with two attached hydrogens (primary N) is 1. The van der Waals surface area contributed by atoms with E-state index < -0.39 is 15.9 Å². The first kappa shape index (κ1) is 16.1. The van der Waals surface area contributed by atoms with Gasteiger partial charge in [-0.2, -0.15) is 0 Å². The monoisotopic (exact) mass is 313 g/mol. The Bertz CT molecular complexity index is 583. The SMILES string of the molecule is CC(C)CCS(=O)(=O)CC(N)c1ccc2c(c1)OCCO2.